The van der Waals surface area contributed by atoms with Crippen LogP contribution in [0.3, 0.4) is 0 Å². The number of rotatable bonds is 16. The van der Waals surface area contributed by atoms with Crippen LogP contribution in [0.1, 0.15) is 82.5 Å². The second-order valence-corrected chi connectivity index (χ2v) is 19.0. The summed E-state index contributed by atoms with van der Waals surface area (Å²) >= 11 is 0. The summed E-state index contributed by atoms with van der Waals surface area (Å²) in [5.74, 6) is -0.549. The van der Waals surface area contributed by atoms with Gasteiger partial charge in [0, 0.05) is 94.7 Å². The van der Waals surface area contributed by atoms with Crippen molar-refractivity contribution in [1.29, 1.82) is 0 Å². The molecular weight excluding hydrogens is 802 g/mol. The van der Waals surface area contributed by atoms with Gasteiger partial charge in [0.1, 0.15) is 28.5 Å². The summed E-state index contributed by atoms with van der Waals surface area (Å²) in [6.45, 7) is 15.5. The number of aromatic amines is 1. The number of amides is 1. The van der Waals surface area contributed by atoms with E-state index < -0.39 is 37.1 Å². The lowest BCUT2D eigenvalue weighted by Gasteiger charge is -2.39. The van der Waals surface area contributed by atoms with Crippen molar-refractivity contribution in [3.8, 4) is 11.5 Å². The maximum absolute atomic E-state index is 15.2. The first-order valence-electron chi connectivity index (χ1n) is 21.1. The molecular formula is C45H56FN7O7S. The number of alkyl halides is 1. The molecule has 0 bridgehead atoms. The van der Waals surface area contributed by atoms with Gasteiger partial charge in [-0.05, 0) is 80.3 Å². The van der Waals surface area contributed by atoms with Crippen molar-refractivity contribution in [2.45, 2.75) is 82.7 Å². The fraction of sp³-hybridized carbons (Fsp3) is 0.467. The van der Waals surface area contributed by atoms with E-state index in [1.54, 1.807) is 35.5 Å². The molecule has 0 atom stereocenters. The Morgan fingerprint density at radius 3 is 2.57 bits per heavy atom. The second kappa shape index (κ2) is 18.3. The van der Waals surface area contributed by atoms with Crippen molar-refractivity contribution in [3.05, 3.63) is 99.9 Å². The molecule has 1 amide bonds. The number of hydrogen-bond acceptors (Lipinski definition) is 11. The fourth-order valence-corrected chi connectivity index (χ4v) is 9.30. The number of benzene rings is 2. The molecule has 2 aromatic heterocycles. The van der Waals surface area contributed by atoms with Gasteiger partial charge in [0.15, 0.2) is 0 Å². The number of H-pyrrole nitrogens is 1. The number of ether oxygens (including phenoxy) is 2. The number of pyridine rings is 1. The third-order valence-electron chi connectivity index (χ3n) is 12.2. The maximum Gasteiger partial charge on any atom is 0.293 e. The highest BCUT2D eigenvalue weighted by Gasteiger charge is 2.34. The average molecular weight is 858 g/mol. The molecule has 2 fully saturated rings. The van der Waals surface area contributed by atoms with Gasteiger partial charge >= 0.3 is 0 Å². The molecule has 3 N–H and O–H groups in total. The van der Waals surface area contributed by atoms with Crippen molar-refractivity contribution in [2.75, 3.05) is 62.7 Å². The van der Waals surface area contributed by atoms with E-state index in [0.29, 0.717) is 16.8 Å². The van der Waals surface area contributed by atoms with Crippen LogP contribution in [-0.4, -0.2) is 92.3 Å². The molecule has 0 spiro atoms. The van der Waals surface area contributed by atoms with Gasteiger partial charge in [0.2, 0.25) is 0 Å². The number of allylic oxidation sites excluding steroid dienone is 2. The van der Waals surface area contributed by atoms with Gasteiger partial charge < -0.3 is 24.7 Å². The van der Waals surface area contributed by atoms with Crippen LogP contribution in [0.15, 0.2) is 89.1 Å². The SMILES string of the molecule is C=C(CC)CCC1=C(CN2CCN(c3ccc(C(=O)NS(=O)(=O)c4ccc(NCC5(F)CCOCC5)c([N+](=O)[O-])c4)c(Oc4cnc5[nH]ccc5c4)c3)CC2)CCC(C)(C)C1. The molecule has 7 rings (SSSR count). The predicted octanol–water partition coefficient (Wildman–Crippen LogP) is 8.69. The van der Waals surface area contributed by atoms with Crippen LogP contribution in [0.25, 0.3) is 11.0 Å². The van der Waals surface area contributed by atoms with Gasteiger partial charge in [-0.3, -0.25) is 19.8 Å². The monoisotopic (exact) mass is 857 g/mol. The van der Waals surface area contributed by atoms with E-state index in [0.717, 1.165) is 88.0 Å². The molecule has 4 aromatic rings. The predicted molar refractivity (Wildman–Crippen MR) is 235 cm³/mol. The number of fused-ring (bicyclic) bond motifs is 1. The van der Waals surface area contributed by atoms with Gasteiger partial charge in [-0.25, -0.2) is 22.5 Å². The van der Waals surface area contributed by atoms with Gasteiger partial charge in [-0.15, -0.1) is 0 Å². The molecule has 4 heterocycles. The number of sulfonamides is 1. The van der Waals surface area contributed by atoms with E-state index in [1.165, 1.54) is 30.3 Å². The Morgan fingerprint density at radius 2 is 1.84 bits per heavy atom. The second-order valence-electron chi connectivity index (χ2n) is 17.3. The van der Waals surface area contributed by atoms with Crippen molar-refractivity contribution in [3.63, 3.8) is 0 Å². The molecule has 2 aromatic carbocycles. The standard InChI is InChI=1S/C45H56FN7O7S/c1-5-31(2)6-7-33-27-44(3,4)14-12-34(33)29-51-18-20-52(21-19-51)35-8-10-38(41(25-35)60-36-24-32-13-17-47-42(32)48-28-36)43(54)50-61(57,58)37-9-11-39(40(26-37)53(55)56)49-30-45(46)15-22-59-23-16-45/h8-11,13,17,24-26,28,49H,2,5-7,12,14-16,18-23,27,29-30H2,1,3-4H3,(H,47,48)(H,50,54). The molecule has 61 heavy (non-hydrogen) atoms. The minimum atomic E-state index is -4.63. The van der Waals surface area contributed by atoms with E-state index in [2.05, 4.69) is 57.2 Å². The molecule has 326 valence electrons. The summed E-state index contributed by atoms with van der Waals surface area (Å²) in [4.78, 5) is 36.8. The summed E-state index contributed by atoms with van der Waals surface area (Å²) in [7, 11) is -4.63. The number of nitro groups is 1. The number of hydrogen-bond donors (Lipinski definition) is 3. The summed E-state index contributed by atoms with van der Waals surface area (Å²) in [6, 6.07) is 11.8. The Hall–Kier alpha value is -5.32. The Morgan fingerprint density at radius 1 is 1.07 bits per heavy atom. The molecule has 2 saturated heterocycles. The number of aromatic nitrogens is 2. The normalized spacial score (nSPS) is 18.2. The topological polar surface area (TPSA) is 172 Å². The number of piperazine rings is 1. The van der Waals surface area contributed by atoms with Crippen LogP contribution < -0.4 is 19.7 Å². The van der Waals surface area contributed by atoms with Crippen molar-refractivity contribution < 1.29 is 32.0 Å². The summed E-state index contributed by atoms with van der Waals surface area (Å²) in [5, 5.41) is 15.6. The molecule has 14 nitrogen and oxygen atoms in total. The lowest BCUT2D eigenvalue weighted by Crippen LogP contribution is -2.47. The Kier molecular flexibility index (Phi) is 13.2. The number of halogens is 1. The zero-order chi connectivity index (χ0) is 43.4. The van der Waals surface area contributed by atoms with E-state index in [1.807, 2.05) is 6.07 Å². The lowest BCUT2D eigenvalue weighted by molar-refractivity contribution is -0.384. The van der Waals surface area contributed by atoms with Crippen LogP contribution >= 0.6 is 0 Å². The number of nitrogens with zero attached hydrogens (tertiary/aromatic N) is 4. The molecule has 0 saturated carbocycles. The smallest absolute Gasteiger partial charge is 0.293 e. The minimum Gasteiger partial charge on any atom is -0.455 e. The summed E-state index contributed by atoms with van der Waals surface area (Å²) in [6.07, 6.45) is 10.0. The molecule has 0 unspecified atom stereocenters. The zero-order valence-corrected chi connectivity index (χ0v) is 36.0. The van der Waals surface area contributed by atoms with E-state index in [4.69, 9.17) is 9.47 Å². The number of nitro benzene ring substituents is 1. The average Bonchev–Trinajstić information content (AvgIpc) is 3.71. The number of anilines is 2. The minimum absolute atomic E-state index is 0.0483. The number of carbonyl (C=O) groups excluding carboxylic acids is 1. The quantitative estimate of drug-likeness (QED) is 0.0559. The first-order valence-corrected chi connectivity index (χ1v) is 22.5. The van der Waals surface area contributed by atoms with Crippen molar-refractivity contribution in [1.82, 2.24) is 19.6 Å². The first kappa shape index (κ1) is 43.8. The van der Waals surface area contributed by atoms with E-state index in [9.17, 15) is 23.3 Å². The summed E-state index contributed by atoms with van der Waals surface area (Å²) in [5.41, 5.74) is 3.88. The van der Waals surface area contributed by atoms with Crippen molar-refractivity contribution in [2.24, 2.45) is 5.41 Å². The molecule has 1 aliphatic carbocycles. The third-order valence-corrected chi connectivity index (χ3v) is 13.6. The molecule has 16 heteroatoms. The fourth-order valence-electron chi connectivity index (χ4n) is 8.32. The highest BCUT2D eigenvalue weighted by atomic mass is 32.2. The Bertz CT molecular complexity index is 2420. The maximum atomic E-state index is 15.2. The molecule has 0 radical (unpaired) electrons. The van der Waals surface area contributed by atoms with Crippen LogP contribution in [0.2, 0.25) is 0 Å². The Balaban J connectivity index is 1.08. The largest absolute Gasteiger partial charge is 0.455 e. The molecule has 2 aliphatic heterocycles. The third kappa shape index (κ3) is 10.8. The van der Waals surface area contributed by atoms with Crippen LogP contribution in [-0.2, 0) is 14.8 Å². The summed E-state index contributed by atoms with van der Waals surface area (Å²) < 4.78 is 56.1. The van der Waals surface area contributed by atoms with Gasteiger partial charge in [0.25, 0.3) is 21.6 Å². The van der Waals surface area contributed by atoms with E-state index >= 15 is 4.39 Å². The van der Waals surface area contributed by atoms with Gasteiger partial charge in [-0.2, -0.15) is 0 Å². The number of carbonyl (C=O) groups is 1. The molecule has 3 aliphatic rings. The van der Waals surface area contributed by atoms with Gasteiger partial charge in [0.05, 0.1) is 21.6 Å². The zero-order valence-electron chi connectivity index (χ0n) is 35.2. The number of nitrogens with one attached hydrogen (secondary N) is 3. The van der Waals surface area contributed by atoms with Crippen LogP contribution in [0.4, 0.5) is 21.5 Å². The van der Waals surface area contributed by atoms with Gasteiger partial charge in [-0.1, -0.05) is 44.1 Å². The van der Waals surface area contributed by atoms with Crippen LogP contribution in [0, 0.1) is 15.5 Å². The highest BCUT2D eigenvalue weighted by molar-refractivity contribution is 7.90. The first-order chi connectivity index (χ1) is 29.1. The lowest BCUT2D eigenvalue weighted by atomic mass is 9.73. The van der Waals surface area contributed by atoms with Crippen molar-refractivity contribution >= 4 is 44.0 Å². The highest BCUT2D eigenvalue weighted by Crippen LogP contribution is 2.41. The van der Waals surface area contributed by atoms with Crippen LogP contribution in [0.5, 0.6) is 11.5 Å². The Labute approximate surface area is 356 Å². The van der Waals surface area contributed by atoms with E-state index in [-0.39, 0.29) is 49.6 Å².